The predicted molar refractivity (Wildman–Crippen MR) is 102 cm³/mol. The molecule has 7 heteroatoms. The van der Waals surface area contributed by atoms with Gasteiger partial charge < -0.3 is 0 Å². The molecule has 1 aliphatic carbocycles. The van der Waals surface area contributed by atoms with Crippen LogP contribution in [0.4, 0.5) is 13.9 Å². The third kappa shape index (κ3) is 3.17. The Morgan fingerprint density at radius 1 is 1.15 bits per heavy atom. The number of thiazole rings is 1. The van der Waals surface area contributed by atoms with Crippen LogP contribution in [0.3, 0.4) is 0 Å². The monoisotopic (exact) mass is 434 g/mol. The fourth-order valence-electron chi connectivity index (χ4n) is 3.08. The van der Waals surface area contributed by atoms with Crippen molar-refractivity contribution >= 4 is 38.3 Å². The molecule has 3 nitrogen and oxygen atoms in total. The minimum Gasteiger partial charge on any atom is -0.298 e. The van der Waals surface area contributed by atoms with Crippen LogP contribution in [0.5, 0.6) is 0 Å². The van der Waals surface area contributed by atoms with Gasteiger partial charge in [-0.05, 0) is 54.7 Å². The van der Waals surface area contributed by atoms with Gasteiger partial charge in [0.05, 0.1) is 10.6 Å². The number of aryl methyl sites for hydroxylation is 2. The molecule has 0 bridgehead atoms. The van der Waals surface area contributed by atoms with Crippen molar-refractivity contribution in [3.8, 4) is 10.4 Å². The van der Waals surface area contributed by atoms with E-state index < -0.39 is 23.1 Å². The highest BCUT2D eigenvalue weighted by atomic mass is 79.9. The van der Waals surface area contributed by atoms with Crippen molar-refractivity contribution < 1.29 is 13.6 Å². The first-order valence-electron chi connectivity index (χ1n) is 8.07. The zero-order chi connectivity index (χ0) is 18.3. The molecule has 0 spiro atoms. The number of nitrogens with one attached hydrogen (secondary N) is 1. The molecule has 0 radical (unpaired) electrons. The molecular formula is C19H13BrF2N2OS. The maximum Gasteiger partial charge on any atom is 0.263 e. The lowest BCUT2D eigenvalue weighted by molar-refractivity contribution is 0.101. The van der Waals surface area contributed by atoms with Crippen LogP contribution in [-0.2, 0) is 12.8 Å². The van der Waals surface area contributed by atoms with Crippen LogP contribution in [-0.4, -0.2) is 10.9 Å². The van der Waals surface area contributed by atoms with E-state index in [0.717, 1.165) is 52.0 Å². The Hall–Kier alpha value is -2.12. The third-order valence-corrected chi connectivity index (χ3v) is 5.82. The van der Waals surface area contributed by atoms with Crippen molar-refractivity contribution in [3.63, 3.8) is 0 Å². The Balaban J connectivity index is 1.69. The van der Waals surface area contributed by atoms with E-state index in [1.807, 2.05) is 12.1 Å². The summed E-state index contributed by atoms with van der Waals surface area (Å²) in [6.45, 7) is 0. The van der Waals surface area contributed by atoms with Crippen LogP contribution < -0.4 is 5.32 Å². The van der Waals surface area contributed by atoms with Crippen molar-refractivity contribution in [2.45, 2.75) is 19.3 Å². The maximum absolute atomic E-state index is 13.8. The van der Waals surface area contributed by atoms with E-state index in [4.69, 9.17) is 0 Å². The van der Waals surface area contributed by atoms with E-state index in [9.17, 15) is 13.6 Å². The summed E-state index contributed by atoms with van der Waals surface area (Å²) >= 11 is 4.82. The van der Waals surface area contributed by atoms with Gasteiger partial charge >= 0.3 is 0 Å². The molecule has 3 aromatic rings. The molecule has 1 amide bonds. The number of carbonyl (C=O) groups excluding carboxylic acids is 1. The number of hydrogen-bond acceptors (Lipinski definition) is 3. The molecule has 0 unspecified atom stereocenters. The number of halogens is 3. The van der Waals surface area contributed by atoms with E-state index in [1.54, 1.807) is 0 Å². The molecule has 0 saturated carbocycles. The summed E-state index contributed by atoms with van der Waals surface area (Å²) in [4.78, 5) is 17.8. The van der Waals surface area contributed by atoms with Crippen molar-refractivity contribution in [1.29, 1.82) is 0 Å². The largest absolute Gasteiger partial charge is 0.298 e. The fraction of sp³-hybridized carbons (Fsp3) is 0.158. The van der Waals surface area contributed by atoms with Gasteiger partial charge in [0.25, 0.3) is 5.91 Å². The van der Waals surface area contributed by atoms with E-state index >= 15 is 0 Å². The Morgan fingerprint density at radius 3 is 2.69 bits per heavy atom. The predicted octanol–water partition coefficient (Wildman–Crippen LogP) is 5.59. The van der Waals surface area contributed by atoms with Gasteiger partial charge in [0.1, 0.15) is 17.2 Å². The third-order valence-electron chi connectivity index (χ3n) is 4.28. The van der Waals surface area contributed by atoms with Gasteiger partial charge in [-0.2, -0.15) is 0 Å². The topological polar surface area (TPSA) is 42.0 Å². The van der Waals surface area contributed by atoms with Crippen LogP contribution in [0.25, 0.3) is 10.4 Å². The molecule has 0 fully saturated rings. The first-order chi connectivity index (χ1) is 12.5. The van der Waals surface area contributed by atoms with E-state index in [-0.39, 0.29) is 0 Å². The quantitative estimate of drug-likeness (QED) is 0.570. The molecule has 0 aliphatic heterocycles. The number of nitrogens with zero attached hydrogens (tertiary/aromatic N) is 1. The van der Waals surface area contributed by atoms with Crippen molar-refractivity contribution in [1.82, 2.24) is 4.98 Å². The first-order valence-corrected chi connectivity index (χ1v) is 9.68. The summed E-state index contributed by atoms with van der Waals surface area (Å²) in [5.41, 5.74) is 2.62. The van der Waals surface area contributed by atoms with Crippen LogP contribution in [0.15, 0.2) is 40.9 Å². The smallest absolute Gasteiger partial charge is 0.263 e. The van der Waals surface area contributed by atoms with Gasteiger partial charge in [-0.1, -0.05) is 39.4 Å². The second kappa shape index (κ2) is 6.89. The van der Waals surface area contributed by atoms with Gasteiger partial charge in [-0.25, -0.2) is 13.8 Å². The van der Waals surface area contributed by atoms with Gasteiger partial charge in [-0.15, -0.1) is 0 Å². The highest BCUT2D eigenvalue weighted by Gasteiger charge is 2.22. The minimum atomic E-state index is -0.894. The second-order valence-corrected chi connectivity index (χ2v) is 7.92. The number of carbonyl (C=O) groups is 1. The number of anilines is 1. The first kappa shape index (κ1) is 17.3. The van der Waals surface area contributed by atoms with Crippen LogP contribution >= 0.6 is 27.3 Å². The summed E-state index contributed by atoms with van der Waals surface area (Å²) in [6, 6.07) is 9.48. The SMILES string of the molecule is O=C(Nc1nc2c(s1)-c1cc(Br)ccc1CCC2)c1c(F)cccc1F. The normalized spacial score (nSPS) is 12.9. The zero-order valence-corrected chi connectivity index (χ0v) is 15.9. The molecule has 1 aliphatic rings. The number of benzene rings is 2. The molecule has 1 heterocycles. The van der Waals surface area contributed by atoms with E-state index in [2.05, 4.69) is 32.3 Å². The maximum atomic E-state index is 13.8. The molecular weight excluding hydrogens is 422 g/mol. The Labute approximate surface area is 161 Å². The van der Waals surface area contributed by atoms with Crippen LogP contribution in [0.2, 0.25) is 0 Å². The molecule has 2 aromatic carbocycles. The van der Waals surface area contributed by atoms with Gasteiger partial charge in [0, 0.05) is 4.47 Å². The number of fused-ring (bicyclic) bond motifs is 3. The molecule has 26 heavy (non-hydrogen) atoms. The second-order valence-electron chi connectivity index (χ2n) is 6.00. The number of rotatable bonds is 2. The number of hydrogen-bond donors (Lipinski definition) is 1. The summed E-state index contributed by atoms with van der Waals surface area (Å²) in [5, 5.41) is 2.88. The molecule has 1 aromatic heterocycles. The Morgan fingerprint density at radius 2 is 1.92 bits per heavy atom. The fourth-order valence-corrected chi connectivity index (χ4v) is 4.50. The Bertz CT molecular complexity index is 999. The molecule has 0 saturated heterocycles. The highest BCUT2D eigenvalue weighted by molar-refractivity contribution is 9.10. The van der Waals surface area contributed by atoms with Crippen molar-refractivity contribution in [2.75, 3.05) is 5.32 Å². The lowest BCUT2D eigenvalue weighted by Crippen LogP contribution is -2.15. The highest BCUT2D eigenvalue weighted by Crippen LogP contribution is 2.40. The molecule has 4 rings (SSSR count). The molecule has 132 valence electrons. The number of amides is 1. The van der Waals surface area contributed by atoms with E-state index in [0.29, 0.717) is 5.13 Å². The summed E-state index contributed by atoms with van der Waals surface area (Å²) < 4.78 is 28.6. The molecule has 0 atom stereocenters. The van der Waals surface area contributed by atoms with Gasteiger partial charge in [-0.3, -0.25) is 10.1 Å². The average molecular weight is 435 g/mol. The van der Waals surface area contributed by atoms with E-state index in [1.165, 1.54) is 23.0 Å². The van der Waals surface area contributed by atoms with Gasteiger partial charge in [0.2, 0.25) is 0 Å². The standard InChI is InChI=1S/C19H13BrF2N2OS/c20-11-8-7-10-3-1-6-15-17(12(10)9-11)26-19(23-15)24-18(25)16-13(21)4-2-5-14(16)22/h2,4-5,7-9H,1,3,6H2,(H,23,24,25). The summed E-state index contributed by atoms with van der Waals surface area (Å²) in [5.74, 6) is -2.62. The van der Waals surface area contributed by atoms with Gasteiger partial charge in [0.15, 0.2) is 5.13 Å². The average Bonchev–Trinajstić information content (AvgIpc) is 2.91. The Kier molecular flexibility index (Phi) is 4.58. The lowest BCUT2D eigenvalue weighted by atomic mass is 10.0. The van der Waals surface area contributed by atoms with Crippen molar-refractivity contribution in [3.05, 3.63) is 69.3 Å². The summed E-state index contributed by atoms with van der Waals surface area (Å²) in [6.07, 6.45) is 2.72. The van der Waals surface area contributed by atoms with Crippen molar-refractivity contribution in [2.24, 2.45) is 0 Å². The minimum absolute atomic E-state index is 0.343. The lowest BCUT2D eigenvalue weighted by Gasteiger charge is -2.06. The van der Waals surface area contributed by atoms with Crippen LogP contribution in [0.1, 0.15) is 28.0 Å². The summed E-state index contributed by atoms with van der Waals surface area (Å²) in [7, 11) is 0. The zero-order valence-electron chi connectivity index (χ0n) is 13.5. The number of aromatic nitrogens is 1. The van der Waals surface area contributed by atoms with Crippen LogP contribution in [0, 0.1) is 11.6 Å². The molecule has 1 N–H and O–H groups in total.